The smallest absolute Gasteiger partial charge is 0.0773 e. The molecule has 0 fully saturated rings. The molecule has 0 rings (SSSR count). The summed E-state index contributed by atoms with van der Waals surface area (Å²) in [5, 5.41) is 0. The maximum absolute atomic E-state index is 6.25. The van der Waals surface area contributed by atoms with Gasteiger partial charge in [0.1, 0.15) is 0 Å². The third kappa shape index (κ3) is 6.49. The van der Waals surface area contributed by atoms with Gasteiger partial charge in [0.15, 0.2) is 0 Å². The fourth-order valence-electron chi connectivity index (χ4n) is 2.15. The average molecular weight is 229 g/mol. The Morgan fingerprint density at radius 1 is 1.06 bits per heavy atom. The van der Waals surface area contributed by atoms with Crippen LogP contribution < -0.4 is 5.73 Å². The van der Waals surface area contributed by atoms with Crippen LogP contribution in [0, 0.1) is 5.41 Å². The van der Waals surface area contributed by atoms with Gasteiger partial charge in [0.25, 0.3) is 0 Å². The molecule has 16 heavy (non-hydrogen) atoms. The second kappa shape index (κ2) is 8.08. The molecule has 0 amide bonds. The van der Waals surface area contributed by atoms with Crippen LogP contribution in [0.25, 0.3) is 0 Å². The summed E-state index contributed by atoms with van der Waals surface area (Å²) in [4.78, 5) is 0. The number of nitrogens with two attached hydrogens (primary N) is 1. The van der Waals surface area contributed by atoms with Crippen LogP contribution in [0.2, 0.25) is 0 Å². The van der Waals surface area contributed by atoms with Gasteiger partial charge in [-0.15, -0.1) is 0 Å². The van der Waals surface area contributed by atoms with Crippen LogP contribution in [0.5, 0.6) is 0 Å². The molecule has 2 unspecified atom stereocenters. The predicted molar refractivity (Wildman–Crippen MR) is 71.6 cm³/mol. The minimum absolute atomic E-state index is 0.139. The van der Waals surface area contributed by atoms with Crippen LogP contribution in [0.3, 0.4) is 0 Å². The zero-order valence-electron chi connectivity index (χ0n) is 11.9. The summed E-state index contributed by atoms with van der Waals surface area (Å²) >= 11 is 0. The van der Waals surface area contributed by atoms with Gasteiger partial charge in [-0.1, -0.05) is 53.4 Å². The summed E-state index contributed by atoms with van der Waals surface area (Å²) in [5.74, 6) is 0. The van der Waals surface area contributed by atoms with E-state index in [4.69, 9.17) is 10.5 Å². The lowest BCUT2D eigenvalue weighted by molar-refractivity contribution is -0.0294. The highest BCUT2D eigenvalue weighted by Crippen LogP contribution is 2.26. The molecule has 2 N–H and O–H groups in total. The predicted octanol–water partition coefficient (Wildman–Crippen LogP) is 3.74. The van der Waals surface area contributed by atoms with Gasteiger partial charge in [0.05, 0.1) is 6.10 Å². The van der Waals surface area contributed by atoms with Gasteiger partial charge in [-0.2, -0.15) is 0 Å². The Morgan fingerprint density at radius 3 is 2.12 bits per heavy atom. The summed E-state index contributed by atoms with van der Waals surface area (Å²) in [5.41, 5.74) is 6.39. The highest BCUT2D eigenvalue weighted by molar-refractivity contribution is 4.84. The largest absolute Gasteiger partial charge is 0.376 e. The first-order valence-electron chi connectivity index (χ1n) is 6.80. The number of hydrogen-bond donors (Lipinski definition) is 1. The van der Waals surface area contributed by atoms with Crippen LogP contribution in [-0.2, 0) is 4.74 Å². The number of unbranched alkanes of at least 4 members (excludes halogenated alkanes) is 3. The van der Waals surface area contributed by atoms with E-state index in [1.165, 1.54) is 25.7 Å². The molecule has 2 heteroatoms. The van der Waals surface area contributed by atoms with Gasteiger partial charge in [-0.25, -0.2) is 0 Å². The molecule has 0 radical (unpaired) electrons. The number of ether oxygens (including phenoxy) is 1. The molecule has 0 aliphatic heterocycles. The van der Waals surface area contributed by atoms with Gasteiger partial charge in [-0.05, 0) is 18.8 Å². The van der Waals surface area contributed by atoms with Crippen LogP contribution in [0.4, 0.5) is 0 Å². The lowest BCUT2D eigenvalue weighted by Gasteiger charge is -2.35. The summed E-state index contributed by atoms with van der Waals surface area (Å²) < 4.78 is 5.80. The number of hydrogen-bond acceptors (Lipinski definition) is 2. The van der Waals surface area contributed by atoms with Crippen LogP contribution in [0.1, 0.15) is 66.7 Å². The van der Waals surface area contributed by atoms with E-state index in [1.54, 1.807) is 0 Å². The summed E-state index contributed by atoms with van der Waals surface area (Å²) in [6.45, 7) is 11.7. The second-order valence-corrected chi connectivity index (χ2v) is 5.76. The Balaban J connectivity index is 4.02. The molecule has 0 aliphatic rings. The fraction of sp³-hybridized carbons (Fsp3) is 1.00. The third-order valence-electron chi connectivity index (χ3n) is 2.98. The van der Waals surface area contributed by atoms with Crippen molar-refractivity contribution in [2.45, 2.75) is 78.9 Å². The van der Waals surface area contributed by atoms with E-state index in [1.807, 2.05) is 6.92 Å². The minimum atomic E-state index is 0.139. The lowest BCUT2D eigenvalue weighted by atomic mass is 9.83. The summed E-state index contributed by atoms with van der Waals surface area (Å²) in [6.07, 6.45) is 6.40. The maximum atomic E-state index is 6.25. The van der Waals surface area contributed by atoms with Gasteiger partial charge in [0.2, 0.25) is 0 Å². The van der Waals surface area contributed by atoms with E-state index >= 15 is 0 Å². The van der Waals surface area contributed by atoms with E-state index in [9.17, 15) is 0 Å². The molecule has 0 aromatic heterocycles. The summed E-state index contributed by atoms with van der Waals surface area (Å²) in [7, 11) is 0. The monoisotopic (exact) mass is 229 g/mol. The molecule has 98 valence electrons. The Morgan fingerprint density at radius 2 is 1.69 bits per heavy atom. The molecule has 0 saturated heterocycles. The van der Waals surface area contributed by atoms with Crippen LogP contribution >= 0.6 is 0 Å². The molecule has 0 spiro atoms. The Hall–Kier alpha value is -0.0800. The Bertz CT molecular complexity index is 163. The minimum Gasteiger partial charge on any atom is -0.376 e. The van der Waals surface area contributed by atoms with Crippen molar-refractivity contribution in [3.8, 4) is 0 Å². The fourth-order valence-corrected chi connectivity index (χ4v) is 2.15. The summed E-state index contributed by atoms with van der Waals surface area (Å²) in [6, 6.07) is 0.178. The van der Waals surface area contributed by atoms with E-state index in [0.717, 1.165) is 13.0 Å². The molecular weight excluding hydrogens is 198 g/mol. The van der Waals surface area contributed by atoms with Gasteiger partial charge in [-0.3, -0.25) is 0 Å². The van der Waals surface area contributed by atoms with Crippen molar-refractivity contribution in [3.05, 3.63) is 0 Å². The maximum Gasteiger partial charge on any atom is 0.0773 e. The van der Waals surface area contributed by atoms with Gasteiger partial charge >= 0.3 is 0 Å². The van der Waals surface area contributed by atoms with Gasteiger partial charge in [0, 0.05) is 12.6 Å². The van der Waals surface area contributed by atoms with E-state index in [-0.39, 0.29) is 17.6 Å². The van der Waals surface area contributed by atoms with Gasteiger partial charge < -0.3 is 10.5 Å². The van der Waals surface area contributed by atoms with Crippen molar-refractivity contribution in [2.24, 2.45) is 11.1 Å². The molecule has 2 nitrogen and oxygen atoms in total. The van der Waals surface area contributed by atoms with E-state index < -0.39 is 0 Å². The Kier molecular flexibility index (Phi) is 8.04. The highest BCUT2D eigenvalue weighted by atomic mass is 16.5. The molecular formula is C14H31NO. The average Bonchev–Trinajstić information content (AvgIpc) is 2.19. The molecule has 0 aromatic carbocycles. The molecule has 0 bridgehead atoms. The quantitative estimate of drug-likeness (QED) is 0.644. The molecule has 0 heterocycles. The number of rotatable bonds is 8. The van der Waals surface area contributed by atoms with E-state index in [0.29, 0.717) is 0 Å². The first-order valence-corrected chi connectivity index (χ1v) is 6.80. The van der Waals surface area contributed by atoms with Crippen molar-refractivity contribution < 1.29 is 4.74 Å². The first-order chi connectivity index (χ1) is 7.43. The normalized spacial score (nSPS) is 16.1. The van der Waals surface area contributed by atoms with Crippen molar-refractivity contribution in [1.82, 2.24) is 0 Å². The molecule has 0 aromatic rings. The lowest BCUT2D eigenvalue weighted by Crippen LogP contribution is -2.45. The highest BCUT2D eigenvalue weighted by Gasteiger charge is 2.30. The third-order valence-corrected chi connectivity index (χ3v) is 2.98. The van der Waals surface area contributed by atoms with Crippen molar-refractivity contribution in [1.29, 1.82) is 0 Å². The van der Waals surface area contributed by atoms with Crippen molar-refractivity contribution in [3.63, 3.8) is 0 Å². The van der Waals surface area contributed by atoms with E-state index in [2.05, 4.69) is 27.7 Å². The Labute approximate surface area is 102 Å². The zero-order valence-corrected chi connectivity index (χ0v) is 11.9. The topological polar surface area (TPSA) is 35.2 Å². The molecule has 2 atom stereocenters. The second-order valence-electron chi connectivity index (χ2n) is 5.76. The van der Waals surface area contributed by atoms with Crippen molar-refractivity contribution in [2.75, 3.05) is 6.61 Å². The van der Waals surface area contributed by atoms with Crippen molar-refractivity contribution >= 4 is 0 Å². The first kappa shape index (κ1) is 15.9. The van der Waals surface area contributed by atoms with Crippen LogP contribution in [0.15, 0.2) is 0 Å². The molecule has 0 aliphatic carbocycles. The SMILES string of the molecule is CCCCCCC(N)C(OCC)C(C)(C)C. The molecule has 0 saturated carbocycles. The standard InChI is InChI=1S/C14H31NO/c1-6-8-9-10-11-12(15)13(16-7-2)14(3,4)5/h12-13H,6-11,15H2,1-5H3. The van der Waals surface area contributed by atoms with Crippen LogP contribution in [-0.4, -0.2) is 18.8 Å². The zero-order chi connectivity index (χ0) is 12.6.